The van der Waals surface area contributed by atoms with Crippen molar-refractivity contribution in [3.05, 3.63) is 29.3 Å². The topological polar surface area (TPSA) is 70.6 Å². The van der Waals surface area contributed by atoms with E-state index in [9.17, 15) is 4.79 Å². The van der Waals surface area contributed by atoms with Gasteiger partial charge in [0.05, 0.1) is 11.6 Å². The quantitative estimate of drug-likeness (QED) is 0.669. The van der Waals surface area contributed by atoms with Crippen molar-refractivity contribution in [3.63, 3.8) is 0 Å². The molecule has 0 unspecified atom stereocenters. The Kier molecular flexibility index (Phi) is 7.07. The number of rotatable bonds is 7. The highest BCUT2D eigenvalue weighted by atomic mass is 35.5. The Morgan fingerprint density at radius 1 is 1.47 bits per heavy atom. The van der Waals surface area contributed by atoms with Crippen LogP contribution >= 0.6 is 11.6 Å². The zero-order chi connectivity index (χ0) is 14.1. The first-order valence-corrected chi connectivity index (χ1v) is 6.54. The van der Waals surface area contributed by atoms with Crippen molar-refractivity contribution in [1.29, 1.82) is 0 Å². The van der Waals surface area contributed by atoms with E-state index in [2.05, 4.69) is 10.6 Å². The summed E-state index contributed by atoms with van der Waals surface area (Å²) in [5, 5.41) is 14.6. The number of benzene rings is 1. The average Bonchev–Trinajstić information content (AvgIpc) is 2.36. The highest BCUT2D eigenvalue weighted by molar-refractivity contribution is 6.32. The van der Waals surface area contributed by atoms with Gasteiger partial charge >= 0.3 is 6.03 Å². The minimum atomic E-state index is -0.274. The first kappa shape index (κ1) is 15.6. The average molecular weight is 287 g/mol. The molecule has 0 aliphatic carbocycles. The van der Waals surface area contributed by atoms with Gasteiger partial charge in [0.15, 0.2) is 0 Å². The van der Waals surface area contributed by atoms with E-state index in [0.717, 1.165) is 0 Å². The molecule has 0 radical (unpaired) electrons. The molecule has 5 nitrogen and oxygen atoms in total. The summed E-state index contributed by atoms with van der Waals surface area (Å²) in [6.45, 7) is 2.60. The van der Waals surface area contributed by atoms with Crippen LogP contribution in [0.25, 0.3) is 0 Å². The lowest BCUT2D eigenvalue weighted by Gasteiger charge is -2.13. The van der Waals surface area contributed by atoms with E-state index in [1.165, 1.54) is 0 Å². The predicted molar refractivity (Wildman–Crippen MR) is 74.6 cm³/mol. The molecule has 0 saturated heterocycles. The van der Waals surface area contributed by atoms with Gasteiger partial charge in [0.2, 0.25) is 0 Å². The van der Waals surface area contributed by atoms with Gasteiger partial charge in [0.25, 0.3) is 0 Å². The number of carbonyl (C=O) groups excluding carboxylic acids is 1. The maximum Gasteiger partial charge on any atom is 0.315 e. The third-order valence-corrected chi connectivity index (χ3v) is 2.73. The van der Waals surface area contributed by atoms with Crippen LogP contribution in [0.1, 0.15) is 13.3 Å². The van der Waals surface area contributed by atoms with Gasteiger partial charge < -0.3 is 20.5 Å². The number of nitrogens with one attached hydrogen (secondary N) is 2. The number of carbonyl (C=O) groups is 1. The number of aliphatic hydroxyl groups is 1. The number of urea groups is 1. The predicted octanol–water partition coefficient (Wildman–Crippen LogP) is 1.79. The number of ether oxygens (including phenoxy) is 1. The third kappa shape index (κ3) is 6.31. The molecule has 1 rings (SSSR count). The molecule has 6 heteroatoms. The molecular formula is C13H19ClN2O3. The lowest BCUT2D eigenvalue weighted by Crippen LogP contribution is -2.42. The SMILES string of the molecule is C[C@H](CCO)NC(=O)NCCOc1ccccc1Cl. The van der Waals surface area contributed by atoms with E-state index in [1.807, 2.05) is 19.1 Å². The fourth-order valence-electron chi connectivity index (χ4n) is 1.43. The van der Waals surface area contributed by atoms with Gasteiger partial charge in [-0.15, -0.1) is 0 Å². The van der Waals surface area contributed by atoms with Gasteiger partial charge in [0, 0.05) is 12.6 Å². The summed E-state index contributed by atoms with van der Waals surface area (Å²) in [4.78, 5) is 11.4. The van der Waals surface area contributed by atoms with Crippen molar-refractivity contribution in [2.45, 2.75) is 19.4 Å². The lowest BCUT2D eigenvalue weighted by molar-refractivity contribution is 0.227. The number of aliphatic hydroxyl groups excluding tert-OH is 1. The lowest BCUT2D eigenvalue weighted by atomic mass is 10.2. The first-order valence-electron chi connectivity index (χ1n) is 6.16. The smallest absolute Gasteiger partial charge is 0.315 e. The third-order valence-electron chi connectivity index (χ3n) is 2.42. The standard InChI is InChI=1S/C13H19ClN2O3/c1-10(6-8-17)16-13(18)15-7-9-19-12-5-3-2-4-11(12)14/h2-5,10,17H,6-9H2,1H3,(H2,15,16,18)/t10-/m1/s1. The van der Waals surface area contributed by atoms with Gasteiger partial charge in [-0.3, -0.25) is 0 Å². The highest BCUT2D eigenvalue weighted by Gasteiger charge is 2.05. The van der Waals surface area contributed by atoms with Crippen molar-refractivity contribution in [2.75, 3.05) is 19.8 Å². The van der Waals surface area contributed by atoms with Crippen molar-refractivity contribution >= 4 is 17.6 Å². The summed E-state index contributed by atoms with van der Waals surface area (Å²) in [6.07, 6.45) is 0.531. The molecule has 1 aromatic carbocycles. The number of para-hydroxylation sites is 1. The zero-order valence-corrected chi connectivity index (χ0v) is 11.6. The molecule has 19 heavy (non-hydrogen) atoms. The van der Waals surface area contributed by atoms with Crippen LogP contribution in [0, 0.1) is 0 Å². The molecule has 1 atom stereocenters. The molecule has 0 aliphatic heterocycles. The molecule has 0 heterocycles. The van der Waals surface area contributed by atoms with Gasteiger partial charge in [-0.25, -0.2) is 4.79 Å². The van der Waals surface area contributed by atoms with Crippen LogP contribution in [0.3, 0.4) is 0 Å². The van der Waals surface area contributed by atoms with Crippen LogP contribution in [0.2, 0.25) is 5.02 Å². The van der Waals surface area contributed by atoms with Gasteiger partial charge in [0.1, 0.15) is 12.4 Å². The minimum Gasteiger partial charge on any atom is -0.490 e. The molecule has 1 aromatic rings. The maximum atomic E-state index is 11.4. The molecule has 0 aromatic heterocycles. The Labute approximate surface area is 117 Å². The van der Waals surface area contributed by atoms with E-state index >= 15 is 0 Å². The Morgan fingerprint density at radius 3 is 2.89 bits per heavy atom. The second kappa shape index (κ2) is 8.61. The molecule has 0 spiro atoms. The van der Waals surface area contributed by atoms with Gasteiger partial charge in [-0.2, -0.15) is 0 Å². The first-order chi connectivity index (χ1) is 9.13. The van der Waals surface area contributed by atoms with E-state index in [4.69, 9.17) is 21.4 Å². The van der Waals surface area contributed by atoms with Crippen LogP contribution in [0.15, 0.2) is 24.3 Å². The Morgan fingerprint density at radius 2 is 2.21 bits per heavy atom. The summed E-state index contributed by atoms with van der Waals surface area (Å²) >= 11 is 5.92. The number of hydrogen-bond acceptors (Lipinski definition) is 3. The Balaban J connectivity index is 2.17. The monoisotopic (exact) mass is 286 g/mol. The zero-order valence-electron chi connectivity index (χ0n) is 10.9. The van der Waals surface area contributed by atoms with E-state index < -0.39 is 0 Å². The number of hydrogen-bond donors (Lipinski definition) is 3. The van der Waals surface area contributed by atoms with Crippen molar-refractivity contribution in [1.82, 2.24) is 10.6 Å². The minimum absolute atomic E-state index is 0.0526. The molecule has 106 valence electrons. The Bertz CT molecular complexity index is 401. The van der Waals surface area contributed by atoms with Gasteiger partial charge in [-0.05, 0) is 25.5 Å². The molecule has 0 fully saturated rings. The fraction of sp³-hybridized carbons (Fsp3) is 0.462. The second-order valence-corrected chi connectivity index (χ2v) is 4.50. The number of amides is 2. The molecule has 0 bridgehead atoms. The summed E-state index contributed by atoms with van der Waals surface area (Å²) in [6, 6.07) is 6.83. The van der Waals surface area contributed by atoms with Crippen LogP contribution in [-0.4, -0.2) is 36.9 Å². The fourth-order valence-corrected chi connectivity index (χ4v) is 1.62. The normalized spacial score (nSPS) is 11.7. The van der Waals surface area contributed by atoms with Crippen LogP contribution in [0.5, 0.6) is 5.75 Å². The largest absolute Gasteiger partial charge is 0.490 e. The molecule has 0 aliphatic rings. The maximum absolute atomic E-state index is 11.4. The summed E-state index contributed by atoms with van der Waals surface area (Å²) in [5.41, 5.74) is 0. The molecule has 2 amide bonds. The second-order valence-electron chi connectivity index (χ2n) is 4.09. The molecule has 0 saturated carbocycles. The Hall–Kier alpha value is -1.46. The van der Waals surface area contributed by atoms with E-state index in [0.29, 0.717) is 30.3 Å². The van der Waals surface area contributed by atoms with Crippen LogP contribution in [-0.2, 0) is 0 Å². The van der Waals surface area contributed by atoms with E-state index in [1.54, 1.807) is 12.1 Å². The van der Waals surface area contributed by atoms with Crippen molar-refractivity contribution in [3.8, 4) is 5.75 Å². The van der Waals surface area contributed by atoms with E-state index in [-0.39, 0.29) is 18.7 Å². The number of halogens is 1. The summed E-state index contributed by atoms with van der Waals surface area (Å²) < 4.78 is 5.43. The van der Waals surface area contributed by atoms with Gasteiger partial charge in [-0.1, -0.05) is 23.7 Å². The van der Waals surface area contributed by atoms with Crippen molar-refractivity contribution < 1.29 is 14.6 Å². The summed E-state index contributed by atoms with van der Waals surface area (Å²) in [7, 11) is 0. The summed E-state index contributed by atoms with van der Waals surface area (Å²) in [5.74, 6) is 0.597. The molecular weight excluding hydrogens is 268 g/mol. The van der Waals surface area contributed by atoms with Crippen molar-refractivity contribution in [2.24, 2.45) is 0 Å². The molecule has 3 N–H and O–H groups in total. The van der Waals surface area contributed by atoms with Crippen LogP contribution < -0.4 is 15.4 Å². The highest BCUT2D eigenvalue weighted by Crippen LogP contribution is 2.22. The van der Waals surface area contributed by atoms with Crippen LogP contribution in [0.4, 0.5) is 4.79 Å².